The number of rotatable bonds is 5. The summed E-state index contributed by atoms with van der Waals surface area (Å²) in [5.74, 6) is -0.412. The minimum Gasteiger partial charge on any atom is -0.462 e. The molecule has 0 unspecified atom stereocenters. The molecule has 19 heavy (non-hydrogen) atoms. The maximum absolute atomic E-state index is 11.8. The molecule has 0 atom stereocenters. The van der Waals surface area contributed by atoms with Gasteiger partial charge >= 0.3 is 5.97 Å². The Hall–Kier alpha value is -2.50. The van der Waals surface area contributed by atoms with Gasteiger partial charge in [-0.05, 0) is 24.6 Å². The van der Waals surface area contributed by atoms with Crippen molar-refractivity contribution in [1.82, 2.24) is 9.55 Å². The van der Waals surface area contributed by atoms with E-state index in [9.17, 15) is 4.79 Å². The monoisotopic (exact) mass is 260 g/mol. The number of aromatic nitrogens is 2. The second-order valence-electron chi connectivity index (χ2n) is 4.18. The van der Waals surface area contributed by atoms with Crippen LogP contribution in [0.4, 0.5) is 11.4 Å². The first-order chi connectivity index (χ1) is 9.15. The van der Waals surface area contributed by atoms with Crippen LogP contribution < -0.4 is 11.5 Å². The van der Waals surface area contributed by atoms with Crippen molar-refractivity contribution in [3.63, 3.8) is 0 Å². The Morgan fingerprint density at radius 3 is 2.63 bits per heavy atom. The second kappa shape index (κ2) is 5.90. The average Bonchev–Trinajstić information content (AvgIpc) is 2.86. The van der Waals surface area contributed by atoms with Crippen LogP contribution in [0.15, 0.2) is 36.9 Å². The Kier molecular flexibility index (Phi) is 4.02. The predicted molar refractivity (Wildman–Crippen MR) is 72.4 cm³/mol. The van der Waals surface area contributed by atoms with Gasteiger partial charge in [-0.1, -0.05) is 0 Å². The Balaban J connectivity index is 1.80. The standard InChI is InChI=1S/C13H16N4O2/c14-11-6-10(7-12(15)8-11)13(18)19-5-1-3-17-4-2-16-9-17/h2,4,6-9H,1,3,5,14-15H2. The molecule has 0 saturated carbocycles. The van der Waals surface area contributed by atoms with E-state index in [1.165, 1.54) is 0 Å². The zero-order valence-electron chi connectivity index (χ0n) is 10.5. The normalized spacial score (nSPS) is 10.3. The van der Waals surface area contributed by atoms with Gasteiger partial charge in [-0.3, -0.25) is 0 Å². The smallest absolute Gasteiger partial charge is 0.338 e. The van der Waals surface area contributed by atoms with Gasteiger partial charge in [0.05, 0.1) is 18.5 Å². The number of anilines is 2. The molecule has 0 bridgehead atoms. The lowest BCUT2D eigenvalue weighted by molar-refractivity contribution is 0.0496. The average molecular weight is 260 g/mol. The molecule has 4 N–H and O–H groups in total. The van der Waals surface area contributed by atoms with Crippen molar-refractivity contribution in [2.24, 2.45) is 0 Å². The molecule has 0 amide bonds. The topological polar surface area (TPSA) is 96.2 Å². The fraction of sp³-hybridized carbons (Fsp3) is 0.231. The Labute approximate surface area is 111 Å². The molecule has 0 radical (unpaired) electrons. The number of imidazole rings is 1. The third-order valence-corrected chi connectivity index (χ3v) is 2.57. The van der Waals surface area contributed by atoms with Gasteiger partial charge in [0.15, 0.2) is 0 Å². The minimum absolute atomic E-state index is 0.339. The third-order valence-electron chi connectivity index (χ3n) is 2.57. The van der Waals surface area contributed by atoms with Gasteiger partial charge in [-0.2, -0.15) is 0 Å². The number of nitrogen functional groups attached to an aromatic ring is 2. The van der Waals surface area contributed by atoms with Gasteiger partial charge in [0.2, 0.25) is 0 Å². The van der Waals surface area contributed by atoms with E-state index >= 15 is 0 Å². The number of nitrogens with two attached hydrogens (primary N) is 2. The van der Waals surface area contributed by atoms with E-state index in [4.69, 9.17) is 16.2 Å². The fourth-order valence-electron chi connectivity index (χ4n) is 1.71. The maximum atomic E-state index is 11.8. The lowest BCUT2D eigenvalue weighted by Gasteiger charge is -2.07. The summed E-state index contributed by atoms with van der Waals surface area (Å²) in [5.41, 5.74) is 12.5. The Morgan fingerprint density at radius 2 is 2.00 bits per heavy atom. The first-order valence-electron chi connectivity index (χ1n) is 5.94. The number of aryl methyl sites for hydroxylation is 1. The summed E-state index contributed by atoms with van der Waals surface area (Å²) in [4.78, 5) is 15.7. The third kappa shape index (κ3) is 3.74. The lowest BCUT2D eigenvalue weighted by atomic mass is 10.2. The molecule has 2 rings (SSSR count). The number of ether oxygens (including phenoxy) is 1. The Morgan fingerprint density at radius 1 is 1.26 bits per heavy atom. The molecule has 6 nitrogen and oxygen atoms in total. The van der Waals surface area contributed by atoms with E-state index in [0.29, 0.717) is 23.5 Å². The zero-order chi connectivity index (χ0) is 13.7. The minimum atomic E-state index is -0.412. The molecule has 100 valence electrons. The van der Waals surface area contributed by atoms with Gasteiger partial charge in [0, 0.05) is 30.3 Å². The summed E-state index contributed by atoms with van der Waals surface area (Å²) in [7, 11) is 0. The lowest BCUT2D eigenvalue weighted by Crippen LogP contribution is -2.09. The summed E-state index contributed by atoms with van der Waals surface area (Å²) in [5, 5.41) is 0. The van der Waals surface area contributed by atoms with Gasteiger partial charge in [0.25, 0.3) is 0 Å². The van der Waals surface area contributed by atoms with Crippen molar-refractivity contribution >= 4 is 17.3 Å². The number of carbonyl (C=O) groups excluding carboxylic acids is 1. The van der Waals surface area contributed by atoms with Crippen molar-refractivity contribution in [2.75, 3.05) is 18.1 Å². The zero-order valence-corrected chi connectivity index (χ0v) is 10.5. The van der Waals surface area contributed by atoms with Crippen LogP contribution in [0.5, 0.6) is 0 Å². The quantitative estimate of drug-likeness (QED) is 0.480. The van der Waals surface area contributed by atoms with Crippen molar-refractivity contribution in [3.8, 4) is 0 Å². The van der Waals surface area contributed by atoms with E-state index in [2.05, 4.69) is 4.98 Å². The molecule has 6 heteroatoms. The Bertz CT molecular complexity index is 532. The van der Waals surface area contributed by atoms with E-state index in [-0.39, 0.29) is 0 Å². The van der Waals surface area contributed by atoms with Gasteiger partial charge in [0.1, 0.15) is 0 Å². The van der Waals surface area contributed by atoms with Crippen LogP contribution in [-0.4, -0.2) is 22.1 Å². The molecule has 0 spiro atoms. The number of benzene rings is 1. The molecule has 0 fully saturated rings. The molecule has 0 aliphatic carbocycles. The summed E-state index contributed by atoms with van der Waals surface area (Å²) in [6.07, 6.45) is 6.02. The van der Waals surface area contributed by atoms with Crippen molar-refractivity contribution in [1.29, 1.82) is 0 Å². The number of nitrogens with zero attached hydrogens (tertiary/aromatic N) is 2. The number of hydrogen-bond donors (Lipinski definition) is 2. The molecule has 2 aromatic rings. The summed E-state index contributed by atoms with van der Waals surface area (Å²) in [6.45, 7) is 1.10. The van der Waals surface area contributed by atoms with E-state index in [0.717, 1.165) is 13.0 Å². The summed E-state index contributed by atoms with van der Waals surface area (Å²) < 4.78 is 7.08. The first-order valence-corrected chi connectivity index (χ1v) is 5.94. The maximum Gasteiger partial charge on any atom is 0.338 e. The van der Waals surface area contributed by atoms with Crippen molar-refractivity contribution < 1.29 is 9.53 Å². The summed E-state index contributed by atoms with van der Waals surface area (Å²) >= 11 is 0. The molecule has 1 heterocycles. The van der Waals surface area contributed by atoms with Crippen LogP contribution in [0, 0.1) is 0 Å². The fourth-order valence-corrected chi connectivity index (χ4v) is 1.71. The van der Waals surface area contributed by atoms with E-state index in [1.807, 2.05) is 10.8 Å². The van der Waals surface area contributed by atoms with E-state index in [1.54, 1.807) is 30.7 Å². The van der Waals surface area contributed by atoms with Crippen molar-refractivity contribution in [3.05, 3.63) is 42.5 Å². The van der Waals surface area contributed by atoms with Gasteiger partial charge < -0.3 is 20.8 Å². The van der Waals surface area contributed by atoms with Crippen LogP contribution in [0.1, 0.15) is 16.8 Å². The highest BCUT2D eigenvalue weighted by Crippen LogP contribution is 2.14. The van der Waals surface area contributed by atoms with Gasteiger partial charge in [-0.25, -0.2) is 9.78 Å². The number of carbonyl (C=O) groups is 1. The highest BCUT2D eigenvalue weighted by Gasteiger charge is 2.08. The highest BCUT2D eigenvalue weighted by molar-refractivity contribution is 5.91. The SMILES string of the molecule is Nc1cc(N)cc(C(=O)OCCCn2ccnc2)c1. The highest BCUT2D eigenvalue weighted by atomic mass is 16.5. The van der Waals surface area contributed by atoms with Crippen LogP contribution in [0.2, 0.25) is 0 Å². The van der Waals surface area contributed by atoms with Crippen LogP contribution in [-0.2, 0) is 11.3 Å². The molecular weight excluding hydrogens is 244 g/mol. The second-order valence-corrected chi connectivity index (χ2v) is 4.18. The number of hydrogen-bond acceptors (Lipinski definition) is 5. The van der Waals surface area contributed by atoms with Gasteiger partial charge in [-0.15, -0.1) is 0 Å². The van der Waals surface area contributed by atoms with E-state index < -0.39 is 5.97 Å². The molecule has 0 aliphatic heterocycles. The van der Waals surface area contributed by atoms with Crippen LogP contribution in [0.3, 0.4) is 0 Å². The molecular formula is C13H16N4O2. The molecule has 1 aromatic carbocycles. The molecule has 0 aliphatic rings. The number of esters is 1. The first kappa shape index (κ1) is 12.9. The predicted octanol–water partition coefficient (Wildman–Crippen LogP) is 1.29. The largest absolute Gasteiger partial charge is 0.462 e. The summed E-state index contributed by atoms with van der Waals surface area (Å²) in [6, 6.07) is 4.69. The molecule has 0 saturated heterocycles. The van der Waals surface area contributed by atoms with Crippen LogP contribution >= 0.6 is 0 Å². The molecule has 1 aromatic heterocycles. The van der Waals surface area contributed by atoms with Crippen LogP contribution in [0.25, 0.3) is 0 Å². The van der Waals surface area contributed by atoms with Crippen molar-refractivity contribution in [2.45, 2.75) is 13.0 Å².